The van der Waals surface area contributed by atoms with E-state index < -0.39 is 30.1 Å². The molecule has 9 heteroatoms. The summed E-state index contributed by atoms with van der Waals surface area (Å²) in [4.78, 5) is 4.71. The van der Waals surface area contributed by atoms with Gasteiger partial charge in [0.05, 0.1) is 39.6 Å². The fourth-order valence-corrected chi connectivity index (χ4v) is 5.88. The lowest BCUT2D eigenvalue weighted by Crippen LogP contribution is -2.28. The molecule has 0 aliphatic carbocycles. The van der Waals surface area contributed by atoms with E-state index in [0.29, 0.717) is 53.6 Å². The summed E-state index contributed by atoms with van der Waals surface area (Å²) in [5, 5.41) is 19.2. The van der Waals surface area contributed by atoms with Crippen LogP contribution < -0.4 is 0 Å². The summed E-state index contributed by atoms with van der Waals surface area (Å²) in [6, 6.07) is 10.8. The Morgan fingerprint density at radius 3 is 2.64 bits per heavy atom. The summed E-state index contributed by atoms with van der Waals surface area (Å²) in [5.41, 5.74) is 0.651. The molecule has 4 heterocycles. The molecular weight excluding hydrogens is 500 g/mol. The Labute approximate surface area is 229 Å². The van der Waals surface area contributed by atoms with Crippen molar-refractivity contribution in [2.75, 3.05) is 13.2 Å². The van der Waals surface area contributed by atoms with Crippen molar-refractivity contribution in [2.45, 2.75) is 45.2 Å². The van der Waals surface area contributed by atoms with Gasteiger partial charge in [-0.3, -0.25) is 4.98 Å². The van der Waals surface area contributed by atoms with Crippen molar-refractivity contribution in [1.82, 2.24) is 24.5 Å². The van der Waals surface area contributed by atoms with Crippen LogP contribution in [0.2, 0.25) is 0 Å². The van der Waals surface area contributed by atoms with Crippen molar-refractivity contribution >= 4 is 21.9 Å². The minimum Gasteiger partial charge on any atom is -0.386 e. The van der Waals surface area contributed by atoms with Gasteiger partial charge in [0, 0.05) is 52.6 Å². The molecule has 202 valence electrons. The third-order valence-corrected chi connectivity index (χ3v) is 7.71. The van der Waals surface area contributed by atoms with E-state index >= 15 is 8.78 Å². The molecule has 7 nitrogen and oxygen atoms in total. The molecule has 0 bridgehead atoms. The van der Waals surface area contributed by atoms with E-state index in [1.807, 2.05) is 0 Å². The number of hydrogen-bond donors (Lipinski definition) is 1. The second-order valence-corrected chi connectivity index (χ2v) is 10.7. The molecule has 0 saturated carbocycles. The molecule has 6 rings (SSSR count). The van der Waals surface area contributed by atoms with Crippen LogP contribution in [0.5, 0.6) is 0 Å². The Morgan fingerprint density at radius 1 is 1.15 bits per heavy atom. The fourth-order valence-electron chi connectivity index (χ4n) is 5.88. The van der Waals surface area contributed by atoms with Gasteiger partial charge in [0.15, 0.2) is 5.82 Å². The number of pyridine rings is 1. The SMILES string of the molecule is [2H]C([2H])([2H])c1nnn(C)c1-c1cnc2c3ccc(C(C)(C)O)c(F)c3n([C@H](c3ccccc3F)C3CCOCC3)c2c1. The lowest BCUT2D eigenvalue weighted by molar-refractivity contribution is 0.0547. The zero-order valence-electron chi connectivity index (χ0n) is 24.9. The Hall–Kier alpha value is -3.69. The van der Waals surface area contributed by atoms with Crippen molar-refractivity contribution in [3.05, 3.63) is 77.1 Å². The van der Waals surface area contributed by atoms with Gasteiger partial charge in [-0.2, -0.15) is 0 Å². The van der Waals surface area contributed by atoms with Gasteiger partial charge in [0.25, 0.3) is 0 Å². The van der Waals surface area contributed by atoms with Crippen LogP contribution in [-0.2, 0) is 17.4 Å². The summed E-state index contributed by atoms with van der Waals surface area (Å²) in [6.07, 6.45) is 2.76. The van der Waals surface area contributed by atoms with Crippen LogP contribution in [0.4, 0.5) is 8.78 Å². The highest BCUT2D eigenvalue weighted by atomic mass is 19.1. The van der Waals surface area contributed by atoms with E-state index in [0.717, 1.165) is 0 Å². The zero-order chi connectivity index (χ0) is 30.0. The van der Waals surface area contributed by atoms with Crippen molar-refractivity contribution in [1.29, 1.82) is 0 Å². The maximum atomic E-state index is 16.6. The standard InChI is InChI=1S/C30H31F2N5O2/c1-17-27(36(4)35-34-17)19-15-24-26(33-16-19)21-9-10-22(30(2,3)38)25(32)29(21)37(24)28(18-11-13-39-14-12-18)20-7-5-6-8-23(20)31/h5-10,15-16,18,28,38H,11-14H2,1-4H3/t28-/m0/s1/i1D3. The van der Waals surface area contributed by atoms with E-state index in [1.165, 1.54) is 30.8 Å². The molecule has 5 aromatic rings. The topological polar surface area (TPSA) is 78.0 Å². The van der Waals surface area contributed by atoms with Crippen LogP contribution in [0.3, 0.4) is 0 Å². The first kappa shape index (κ1) is 22.2. The van der Waals surface area contributed by atoms with E-state index in [-0.39, 0.29) is 28.4 Å². The molecule has 1 aliphatic rings. The molecule has 3 aromatic heterocycles. The first-order valence-electron chi connectivity index (χ1n) is 14.5. The first-order valence-corrected chi connectivity index (χ1v) is 13.0. The molecule has 1 fully saturated rings. The van der Waals surface area contributed by atoms with Crippen molar-refractivity contribution < 1.29 is 22.7 Å². The average molecular weight is 535 g/mol. The smallest absolute Gasteiger partial charge is 0.153 e. The highest BCUT2D eigenvalue weighted by Gasteiger charge is 2.34. The predicted octanol–water partition coefficient (Wildman–Crippen LogP) is 5.82. The third-order valence-electron chi connectivity index (χ3n) is 7.71. The Morgan fingerprint density at radius 2 is 1.92 bits per heavy atom. The number of aliphatic hydroxyl groups is 1. The van der Waals surface area contributed by atoms with Gasteiger partial charge in [0.1, 0.15) is 5.82 Å². The summed E-state index contributed by atoms with van der Waals surface area (Å²) in [7, 11) is 1.59. The minimum atomic E-state index is -2.53. The van der Waals surface area contributed by atoms with Crippen LogP contribution in [-0.4, -0.2) is 42.9 Å². The second-order valence-electron chi connectivity index (χ2n) is 10.7. The van der Waals surface area contributed by atoms with Gasteiger partial charge in [-0.15, -0.1) is 5.10 Å². The summed E-state index contributed by atoms with van der Waals surface area (Å²) < 4.78 is 65.0. The quantitative estimate of drug-likeness (QED) is 0.308. The summed E-state index contributed by atoms with van der Waals surface area (Å²) in [5.74, 6) is -1.16. The van der Waals surface area contributed by atoms with Crippen LogP contribution >= 0.6 is 0 Å². The number of hydrogen-bond acceptors (Lipinski definition) is 5. The first-order chi connectivity index (χ1) is 19.9. The molecule has 0 amide bonds. The molecular formula is C30H31F2N5O2. The second kappa shape index (κ2) is 9.50. The summed E-state index contributed by atoms with van der Waals surface area (Å²) >= 11 is 0. The van der Waals surface area contributed by atoms with Crippen LogP contribution in [0.25, 0.3) is 33.2 Å². The van der Waals surface area contributed by atoms with E-state index in [1.54, 1.807) is 48.0 Å². The number of benzene rings is 2. The van der Waals surface area contributed by atoms with Crippen molar-refractivity contribution in [3.63, 3.8) is 0 Å². The van der Waals surface area contributed by atoms with E-state index in [9.17, 15) is 5.11 Å². The number of halogens is 2. The summed E-state index contributed by atoms with van der Waals surface area (Å²) in [6.45, 7) is 1.46. The highest BCUT2D eigenvalue weighted by Crippen LogP contribution is 2.43. The Bertz CT molecular complexity index is 1800. The highest BCUT2D eigenvalue weighted by molar-refractivity contribution is 6.07. The normalized spacial score (nSPS) is 17.3. The molecule has 0 unspecified atom stereocenters. The predicted molar refractivity (Wildman–Crippen MR) is 145 cm³/mol. The van der Waals surface area contributed by atoms with Gasteiger partial charge < -0.3 is 14.4 Å². The number of ether oxygens (including phenoxy) is 1. The largest absolute Gasteiger partial charge is 0.386 e. The molecule has 1 saturated heterocycles. The van der Waals surface area contributed by atoms with Gasteiger partial charge in [-0.25, -0.2) is 13.5 Å². The third kappa shape index (κ3) is 4.20. The van der Waals surface area contributed by atoms with Gasteiger partial charge >= 0.3 is 0 Å². The van der Waals surface area contributed by atoms with Gasteiger partial charge in [0.2, 0.25) is 0 Å². The average Bonchev–Trinajstić information content (AvgIpc) is 3.48. The molecule has 39 heavy (non-hydrogen) atoms. The lowest BCUT2D eigenvalue weighted by Gasteiger charge is -2.33. The van der Waals surface area contributed by atoms with Crippen molar-refractivity contribution in [3.8, 4) is 11.3 Å². The van der Waals surface area contributed by atoms with Crippen LogP contribution in [0.1, 0.15) is 53.7 Å². The number of fused-ring (bicyclic) bond motifs is 3. The molecule has 0 radical (unpaired) electrons. The molecule has 1 atom stereocenters. The number of rotatable bonds is 5. The Balaban J connectivity index is 1.74. The van der Waals surface area contributed by atoms with Gasteiger partial charge in [-0.05, 0) is 51.6 Å². The van der Waals surface area contributed by atoms with E-state index in [4.69, 9.17) is 13.8 Å². The lowest BCUT2D eigenvalue weighted by atomic mass is 9.86. The number of aryl methyl sites for hydroxylation is 2. The number of nitrogens with zero attached hydrogens (tertiary/aromatic N) is 5. The van der Waals surface area contributed by atoms with Crippen LogP contribution in [0.15, 0.2) is 48.7 Å². The molecule has 0 spiro atoms. The molecule has 1 aliphatic heterocycles. The maximum Gasteiger partial charge on any atom is 0.153 e. The number of aromatic nitrogens is 5. The van der Waals surface area contributed by atoms with Crippen molar-refractivity contribution in [2.24, 2.45) is 13.0 Å². The Kier molecular flexibility index (Phi) is 5.40. The zero-order valence-corrected chi connectivity index (χ0v) is 21.9. The fraction of sp³-hybridized carbons (Fsp3) is 0.367. The molecule has 2 aromatic carbocycles. The minimum absolute atomic E-state index is 0.0964. The van der Waals surface area contributed by atoms with E-state index in [2.05, 4.69) is 10.3 Å². The monoisotopic (exact) mass is 534 g/mol. The molecule has 1 N–H and O–H groups in total. The maximum absolute atomic E-state index is 16.6. The van der Waals surface area contributed by atoms with Crippen LogP contribution in [0, 0.1) is 24.4 Å². The van der Waals surface area contributed by atoms with Gasteiger partial charge in [-0.1, -0.05) is 35.5 Å².